The summed E-state index contributed by atoms with van der Waals surface area (Å²) in [4.78, 5) is 20.0. The third-order valence-corrected chi connectivity index (χ3v) is 12.7. The SMILES string of the molecule is CC(C)(C)[Si](C)(C)O.CC(C)(C)[Si](C)(O)c1ccccc1. The van der Waals surface area contributed by atoms with E-state index in [1.807, 2.05) is 50.0 Å². The van der Waals surface area contributed by atoms with Crippen LogP contribution in [0.25, 0.3) is 0 Å². The van der Waals surface area contributed by atoms with Crippen molar-refractivity contribution in [2.75, 3.05) is 0 Å². The lowest BCUT2D eigenvalue weighted by molar-refractivity contribution is 0.487. The van der Waals surface area contributed by atoms with Crippen LogP contribution in [0.4, 0.5) is 0 Å². The van der Waals surface area contributed by atoms with Crippen molar-refractivity contribution in [3.63, 3.8) is 0 Å². The summed E-state index contributed by atoms with van der Waals surface area (Å²) in [5.41, 5.74) is 0. The Morgan fingerprint density at radius 1 is 0.714 bits per heavy atom. The maximum Gasteiger partial charge on any atom is 0.222 e. The van der Waals surface area contributed by atoms with Gasteiger partial charge in [-0.15, -0.1) is 0 Å². The monoisotopic (exact) mass is 326 g/mol. The first-order valence-electron chi connectivity index (χ1n) is 7.61. The molecular weight excluding hydrogens is 292 g/mol. The molecule has 1 rings (SSSR count). The predicted octanol–water partition coefficient (Wildman–Crippen LogP) is 4.25. The first-order valence-corrected chi connectivity index (χ1v) is 13.0. The standard InChI is InChI=1S/C11H18OSi.C6H16OSi/c1-11(2,3)13(4,12)10-8-6-5-7-9-10;1-6(2,3)8(4,5)7/h5-9,12H,1-4H3;7H,1-5H3. The highest BCUT2D eigenvalue weighted by molar-refractivity contribution is 6.86. The first-order chi connectivity index (χ1) is 9.11. The molecule has 0 saturated carbocycles. The minimum atomic E-state index is -2.28. The van der Waals surface area contributed by atoms with Crippen LogP contribution in [0.5, 0.6) is 0 Å². The lowest BCUT2D eigenvalue weighted by Crippen LogP contribution is -2.52. The summed E-state index contributed by atoms with van der Waals surface area (Å²) >= 11 is 0. The summed E-state index contributed by atoms with van der Waals surface area (Å²) in [6.07, 6.45) is 0. The molecule has 0 amide bonds. The van der Waals surface area contributed by atoms with Crippen LogP contribution in [0, 0.1) is 0 Å². The maximum absolute atomic E-state index is 10.5. The van der Waals surface area contributed by atoms with Crippen LogP contribution in [-0.2, 0) is 0 Å². The number of hydrogen-bond donors (Lipinski definition) is 2. The van der Waals surface area contributed by atoms with E-state index in [-0.39, 0.29) is 10.1 Å². The lowest BCUT2D eigenvalue weighted by Gasteiger charge is -2.34. The molecule has 0 aromatic heterocycles. The fourth-order valence-corrected chi connectivity index (χ4v) is 2.90. The molecule has 0 aliphatic carbocycles. The van der Waals surface area contributed by atoms with Crippen molar-refractivity contribution in [1.29, 1.82) is 0 Å². The molecule has 1 aromatic carbocycles. The van der Waals surface area contributed by atoms with Crippen molar-refractivity contribution >= 4 is 21.8 Å². The quantitative estimate of drug-likeness (QED) is 0.758. The van der Waals surface area contributed by atoms with Crippen LogP contribution in [0.3, 0.4) is 0 Å². The van der Waals surface area contributed by atoms with Gasteiger partial charge in [0.15, 0.2) is 8.32 Å². The zero-order valence-electron chi connectivity index (χ0n) is 15.3. The Bertz CT molecular complexity index is 409. The highest BCUT2D eigenvalue weighted by Crippen LogP contribution is 2.33. The molecule has 122 valence electrons. The third-order valence-electron chi connectivity index (χ3n) is 4.63. The zero-order chi connectivity index (χ0) is 17.1. The number of benzene rings is 1. The fraction of sp³-hybridized carbons (Fsp3) is 0.647. The van der Waals surface area contributed by atoms with E-state index >= 15 is 0 Å². The van der Waals surface area contributed by atoms with Gasteiger partial charge >= 0.3 is 0 Å². The topological polar surface area (TPSA) is 40.5 Å². The summed E-state index contributed by atoms with van der Waals surface area (Å²) in [5.74, 6) is 0. The fourth-order valence-electron chi connectivity index (χ4n) is 1.20. The molecule has 0 aliphatic rings. The van der Waals surface area contributed by atoms with Gasteiger partial charge in [0.2, 0.25) is 8.32 Å². The van der Waals surface area contributed by atoms with Crippen molar-refractivity contribution < 1.29 is 9.59 Å². The molecule has 0 bridgehead atoms. The van der Waals surface area contributed by atoms with Gasteiger partial charge in [0.05, 0.1) is 0 Å². The molecule has 0 radical (unpaired) electrons. The average molecular weight is 327 g/mol. The summed E-state index contributed by atoms with van der Waals surface area (Å²) in [7, 11) is -4.14. The molecule has 0 spiro atoms. The van der Waals surface area contributed by atoms with Gasteiger partial charge < -0.3 is 9.59 Å². The van der Waals surface area contributed by atoms with Crippen molar-refractivity contribution in [2.24, 2.45) is 0 Å². The molecule has 2 N–H and O–H groups in total. The molecule has 0 saturated heterocycles. The Labute approximate surface area is 133 Å². The second-order valence-electron chi connectivity index (χ2n) is 8.50. The predicted molar refractivity (Wildman–Crippen MR) is 99.0 cm³/mol. The van der Waals surface area contributed by atoms with Gasteiger partial charge in [-0.25, -0.2) is 0 Å². The molecule has 2 nitrogen and oxygen atoms in total. The van der Waals surface area contributed by atoms with Gasteiger partial charge in [-0.3, -0.25) is 0 Å². The van der Waals surface area contributed by atoms with E-state index in [0.29, 0.717) is 0 Å². The number of rotatable bonds is 1. The van der Waals surface area contributed by atoms with E-state index < -0.39 is 16.6 Å². The highest BCUT2D eigenvalue weighted by Gasteiger charge is 2.40. The summed E-state index contributed by atoms with van der Waals surface area (Å²) in [6.45, 7) is 18.5. The lowest BCUT2D eigenvalue weighted by atomic mass is 10.2. The van der Waals surface area contributed by atoms with E-state index in [4.69, 9.17) is 0 Å². The molecule has 1 unspecified atom stereocenters. The van der Waals surface area contributed by atoms with E-state index in [1.54, 1.807) is 0 Å². The van der Waals surface area contributed by atoms with Crippen LogP contribution < -0.4 is 5.19 Å². The van der Waals surface area contributed by atoms with E-state index in [0.717, 1.165) is 5.19 Å². The third kappa shape index (κ3) is 6.06. The van der Waals surface area contributed by atoms with E-state index in [9.17, 15) is 9.59 Å². The molecule has 1 atom stereocenters. The van der Waals surface area contributed by atoms with E-state index in [2.05, 4.69) is 41.5 Å². The zero-order valence-corrected chi connectivity index (χ0v) is 17.3. The molecule has 0 aliphatic heterocycles. The van der Waals surface area contributed by atoms with Crippen molar-refractivity contribution in [3.8, 4) is 0 Å². The van der Waals surface area contributed by atoms with E-state index in [1.165, 1.54) is 0 Å². The van der Waals surface area contributed by atoms with Gasteiger partial charge in [-0.2, -0.15) is 0 Å². The minimum absolute atomic E-state index is 0.00560. The largest absolute Gasteiger partial charge is 0.432 e. The number of hydrogen-bond acceptors (Lipinski definition) is 2. The Kier molecular flexibility index (Phi) is 6.64. The second-order valence-corrected chi connectivity index (χ2v) is 17.3. The van der Waals surface area contributed by atoms with Crippen molar-refractivity contribution in [2.45, 2.75) is 71.3 Å². The summed E-state index contributed by atoms with van der Waals surface area (Å²) < 4.78 is 0. The van der Waals surface area contributed by atoms with Gasteiger partial charge in [0.1, 0.15) is 0 Å². The van der Waals surface area contributed by atoms with Crippen molar-refractivity contribution in [3.05, 3.63) is 30.3 Å². The molecule has 0 heterocycles. The normalized spacial score (nSPS) is 15.8. The van der Waals surface area contributed by atoms with Crippen molar-refractivity contribution in [1.82, 2.24) is 0 Å². The van der Waals surface area contributed by atoms with Gasteiger partial charge in [0, 0.05) is 0 Å². The molecule has 4 heteroatoms. The van der Waals surface area contributed by atoms with Crippen LogP contribution in [0.15, 0.2) is 30.3 Å². The van der Waals surface area contributed by atoms with Crippen LogP contribution in [0.2, 0.25) is 29.7 Å². The molecule has 21 heavy (non-hydrogen) atoms. The first kappa shape index (κ1) is 20.6. The molecule has 0 fully saturated rings. The van der Waals surface area contributed by atoms with Gasteiger partial charge in [0.25, 0.3) is 0 Å². The molecular formula is C17H34O2Si2. The Morgan fingerprint density at radius 3 is 1.29 bits per heavy atom. The van der Waals surface area contributed by atoms with Gasteiger partial charge in [-0.1, -0.05) is 71.9 Å². The Hall–Kier alpha value is -0.426. The average Bonchev–Trinajstić information content (AvgIpc) is 2.26. The van der Waals surface area contributed by atoms with Crippen LogP contribution in [0.1, 0.15) is 41.5 Å². The van der Waals surface area contributed by atoms with Gasteiger partial charge in [-0.05, 0) is 34.9 Å². The summed E-state index contributed by atoms with van der Waals surface area (Å²) in [6, 6.07) is 10.0. The summed E-state index contributed by atoms with van der Waals surface area (Å²) in [5, 5.41) is 1.24. The Morgan fingerprint density at radius 2 is 1.05 bits per heavy atom. The van der Waals surface area contributed by atoms with Crippen LogP contribution in [-0.4, -0.2) is 26.2 Å². The maximum atomic E-state index is 10.5. The minimum Gasteiger partial charge on any atom is -0.432 e. The smallest absolute Gasteiger partial charge is 0.222 e. The van der Waals surface area contributed by atoms with Crippen LogP contribution >= 0.6 is 0 Å². The second kappa shape index (κ2) is 6.77. The Balaban J connectivity index is 0.000000433. The molecule has 1 aromatic rings. The highest BCUT2D eigenvalue weighted by atomic mass is 28.4.